The maximum atomic E-state index is 12.9. The van der Waals surface area contributed by atoms with Crippen molar-refractivity contribution in [3.05, 3.63) is 71.8 Å². The molecule has 0 aromatic heterocycles. The van der Waals surface area contributed by atoms with E-state index < -0.39 is 0 Å². The third-order valence-corrected chi connectivity index (χ3v) is 5.68. The van der Waals surface area contributed by atoms with Crippen LogP contribution in [0.5, 0.6) is 0 Å². The minimum absolute atomic E-state index is 0.00257. The highest BCUT2D eigenvalue weighted by Crippen LogP contribution is 2.23. The van der Waals surface area contributed by atoms with Crippen LogP contribution in [0.2, 0.25) is 0 Å². The molecule has 2 aliphatic heterocycles. The highest BCUT2D eigenvalue weighted by Gasteiger charge is 2.37. The Morgan fingerprint density at radius 2 is 1.41 bits per heavy atom. The Morgan fingerprint density at radius 3 is 2.07 bits per heavy atom. The largest absolute Gasteiger partial charge is 0.339 e. The lowest BCUT2D eigenvalue weighted by molar-refractivity contribution is -0.137. The first-order valence-corrected chi connectivity index (χ1v) is 10.1. The maximum absolute atomic E-state index is 12.9. The molecule has 150 valence electrons. The van der Waals surface area contributed by atoms with E-state index in [0.717, 1.165) is 5.56 Å². The molecule has 0 saturated carbocycles. The fourth-order valence-corrected chi connectivity index (χ4v) is 4.05. The van der Waals surface area contributed by atoms with Crippen molar-refractivity contribution in [3.8, 4) is 0 Å². The van der Waals surface area contributed by atoms with E-state index in [1.165, 1.54) is 0 Å². The lowest BCUT2D eigenvalue weighted by Gasteiger charge is -2.36. The summed E-state index contributed by atoms with van der Waals surface area (Å²) in [6.45, 7) is 3.09. The van der Waals surface area contributed by atoms with Crippen molar-refractivity contribution in [3.63, 3.8) is 0 Å². The highest BCUT2D eigenvalue weighted by molar-refractivity contribution is 5.94. The first kappa shape index (κ1) is 19.2. The van der Waals surface area contributed by atoms with Gasteiger partial charge in [-0.05, 0) is 17.7 Å². The molecule has 0 aliphatic carbocycles. The molecule has 2 aromatic rings. The summed E-state index contributed by atoms with van der Waals surface area (Å²) >= 11 is 0. The molecule has 2 aliphatic rings. The van der Waals surface area contributed by atoms with E-state index in [0.29, 0.717) is 44.8 Å². The highest BCUT2D eigenvalue weighted by atomic mass is 16.2. The summed E-state index contributed by atoms with van der Waals surface area (Å²) in [6.07, 6.45) is 0.273. The van der Waals surface area contributed by atoms with Gasteiger partial charge in [0.2, 0.25) is 11.8 Å². The van der Waals surface area contributed by atoms with Crippen molar-refractivity contribution < 1.29 is 14.4 Å². The molecule has 3 amide bonds. The van der Waals surface area contributed by atoms with Gasteiger partial charge in [0.05, 0.1) is 5.92 Å². The smallest absolute Gasteiger partial charge is 0.253 e. The number of hydrogen-bond acceptors (Lipinski definition) is 3. The van der Waals surface area contributed by atoms with E-state index in [-0.39, 0.29) is 30.1 Å². The summed E-state index contributed by atoms with van der Waals surface area (Å²) in [4.78, 5) is 43.2. The lowest BCUT2D eigenvalue weighted by atomic mass is 10.1. The van der Waals surface area contributed by atoms with E-state index in [2.05, 4.69) is 0 Å². The Morgan fingerprint density at radius 1 is 0.828 bits per heavy atom. The molecule has 0 radical (unpaired) electrons. The van der Waals surface area contributed by atoms with Crippen molar-refractivity contribution in [1.82, 2.24) is 14.7 Å². The first-order valence-electron chi connectivity index (χ1n) is 10.1. The Hall–Kier alpha value is -3.15. The molecule has 2 fully saturated rings. The number of carbonyl (C=O) groups excluding carboxylic acids is 3. The topological polar surface area (TPSA) is 60.9 Å². The maximum Gasteiger partial charge on any atom is 0.253 e. The minimum Gasteiger partial charge on any atom is -0.339 e. The number of nitrogens with zero attached hydrogens (tertiary/aromatic N) is 3. The van der Waals surface area contributed by atoms with Gasteiger partial charge in [0.1, 0.15) is 0 Å². The average Bonchev–Trinajstić information content (AvgIpc) is 3.14. The molecule has 0 N–H and O–H groups in total. The molecule has 0 bridgehead atoms. The van der Waals surface area contributed by atoms with Crippen molar-refractivity contribution in [1.29, 1.82) is 0 Å². The van der Waals surface area contributed by atoms with Crippen LogP contribution in [-0.2, 0) is 16.1 Å². The zero-order valence-electron chi connectivity index (χ0n) is 16.4. The van der Waals surface area contributed by atoms with Crippen LogP contribution in [0, 0.1) is 5.92 Å². The summed E-state index contributed by atoms with van der Waals surface area (Å²) in [5.74, 6) is -0.226. The second-order valence-corrected chi connectivity index (χ2v) is 7.64. The van der Waals surface area contributed by atoms with Gasteiger partial charge in [0.15, 0.2) is 0 Å². The zero-order valence-corrected chi connectivity index (χ0v) is 16.4. The molecule has 1 atom stereocenters. The molecule has 2 aromatic carbocycles. The van der Waals surface area contributed by atoms with Gasteiger partial charge < -0.3 is 14.7 Å². The van der Waals surface area contributed by atoms with Crippen LogP contribution in [0.4, 0.5) is 0 Å². The van der Waals surface area contributed by atoms with Gasteiger partial charge in [-0.15, -0.1) is 0 Å². The molecular formula is C23H25N3O3. The molecule has 0 spiro atoms. The van der Waals surface area contributed by atoms with Crippen LogP contribution in [0.1, 0.15) is 22.3 Å². The Balaban J connectivity index is 1.31. The van der Waals surface area contributed by atoms with Gasteiger partial charge >= 0.3 is 0 Å². The van der Waals surface area contributed by atoms with Crippen molar-refractivity contribution in [2.45, 2.75) is 13.0 Å². The Labute approximate surface area is 170 Å². The molecule has 2 heterocycles. The van der Waals surface area contributed by atoms with Crippen LogP contribution >= 0.6 is 0 Å². The number of hydrogen-bond donors (Lipinski definition) is 0. The van der Waals surface area contributed by atoms with Gasteiger partial charge in [-0.2, -0.15) is 0 Å². The van der Waals surface area contributed by atoms with Crippen molar-refractivity contribution >= 4 is 17.7 Å². The van der Waals surface area contributed by atoms with E-state index in [1.54, 1.807) is 14.7 Å². The molecule has 4 rings (SSSR count). The van der Waals surface area contributed by atoms with E-state index in [1.807, 2.05) is 60.7 Å². The van der Waals surface area contributed by atoms with Crippen LogP contribution in [0.3, 0.4) is 0 Å². The van der Waals surface area contributed by atoms with Gasteiger partial charge in [-0.3, -0.25) is 14.4 Å². The second-order valence-electron chi connectivity index (χ2n) is 7.64. The summed E-state index contributed by atoms with van der Waals surface area (Å²) in [5, 5.41) is 0. The SMILES string of the molecule is O=C1C[C@@H](C(=O)N2CCN(C(=O)c3ccccc3)CC2)CN1Cc1ccccc1. The van der Waals surface area contributed by atoms with Crippen LogP contribution < -0.4 is 0 Å². The first-order chi connectivity index (χ1) is 14.1. The summed E-state index contributed by atoms with van der Waals surface area (Å²) in [6, 6.07) is 19.1. The predicted octanol–water partition coefficient (Wildman–Crippen LogP) is 2.02. The number of piperazine rings is 1. The molecule has 6 heteroatoms. The summed E-state index contributed by atoms with van der Waals surface area (Å²) in [7, 11) is 0. The third-order valence-electron chi connectivity index (χ3n) is 5.68. The van der Waals surface area contributed by atoms with E-state index >= 15 is 0 Å². The van der Waals surface area contributed by atoms with Crippen molar-refractivity contribution in [2.24, 2.45) is 5.92 Å². The molecule has 29 heavy (non-hydrogen) atoms. The van der Waals surface area contributed by atoms with Gasteiger partial charge in [-0.25, -0.2) is 0 Å². The molecule has 2 saturated heterocycles. The monoisotopic (exact) mass is 391 g/mol. The minimum atomic E-state index is -0.289. The Bertz CT molecular complexity index is 877. The van der Waals surface area contributed by atoms with E-state index in [4.69, 9.17) is 0 Å². The van der Waals surface area contributed by atoms with Crippen LogP contribution in [0.25, 0.3) is 0 Å². The van der Waals surface area contributed by atoms with Crippen LogP contribution in [-0.4, -0.2) is 65.1 Å². The lowest BCUT2D eigenvalue weighted by Crippen LogP contribution is -2.52. The van der Waals surface area contributed by atoms with Crippen molar-refractivity contribution in [2.75, 3.05) is 32.7 Å². The number of amides is 3. The Kier molecular flexibility index (Phi) is 5.60. The van der Waals surface area contributed by atoms with Gasteiger partial charge in [0.25, 0.3) is 5.91 Å². The number of likely N-dealkylation sites (tertiary alicyclic amines) is 1. The number of rotatable bonds is 4. The second kappa shape index (κ2) is 8.47. The standard InChI is InChI=1S/C23H25N3O3/c27-21-15-20(17-26(21)16-18-7-3-1-4-8-18)23(29)25-13-11-24(12-14-25)22(28)19-9-5-2-6-10-19/h1-10,20H,11-17H2/t20-/m1/s1. The van der Waals surface area contributed by atoms with Crippen LogP contribution in [0.15, 0.2) is 60.7 Å². The normalized spacial score (nSPS) is 19.5. The summed E-state index contributed by atoms with van der Waals surface area (Å²) < 4.78 is 0. The fourth-order valence-electron chi connectivity index (χ4n) is 4.05. The average molecular weight is 391 g/mol. The third kappa shape index (κ3) is 4.31. The fraction of sp³-hybridized carbons (Fsp3) is 0.348. The molecule has 0 unspecified atom stereocenters. The number of carbonyl (C=O) groups is 3. The number of benzene rings is 2. The summed E-state index contributed by atoms with van der Waals surface area (Å²) in [5.41, 5.74) is 1.74. The molecular weight excluding hydrogens is 366 g/mol. The predicted molar refractivity (Wildman–Crippen MR) is 109 cm³/mol. The molecule has 6 nitrogen and oxygen atoms in total. The van der Waals surface area contributed by atoms with E-state index in [9.17, 15) is 14.4 Å². The zero-order chi connectivity index (χ0) is 20.2. The van der Waals surface area contributed by atoms with Gasteiger partial charge in [-0.1, -0.05) is 48.5 Å². The quantitative estimate of drug-likeness (QED) is 0.801. The van der Waals surface area contributed by atoms with Gasteiger partial charge in [0, 0.05) is 51.3 Å².